The molecule has 0 saturated carbocycles. The number of rotatable bonds is 7. The zero-order chi connectivity index (χ0) is 14.4. The molecule has 1 atom stereocenters. The molecule has 0 spiro atoms. The molecule has 0 amide bonds. The molecule has 0 radical (unpaired) electrons. The van der Waals surface area contributed by atoms with E-state index in [1.54, 1.807) is 23.9 Å². The fourth-order valence-corrected chi connectivity index (χ4v) is 2.48. The van der Waals surface area contributed by atoms with E-state index in [-0.39, 0.29) is 11.7 Å². The molecule has 0 saturated heterocycles. The average molecular weight is 284 g/mol. The maximum Gasteiger partial charge on any atom is 0.203 e. The molecule has 0 bridgehead atoms. The standard InChI is InChI=1S/C14H20O4S/c1-9(8-19-5)13(15)10-6-11(16-2)14(18-4)12(7-10)17-3/h6-7,9H,8H2,1-5H3. The second-order valence-electron chi connectivity index (χ2n) is 4.13. The minimum atomic E-state index is -0.0437. The molecule has 106 valence electrons. The van der Waals surface area contributed by atoms with Gasteiger partial charge in [0.05, 0.1) is 21.3 Å². The lowest BCUT2D eigenvalue weighted by atomic mass is 10.00. The summed E-state index contributed by atoms with van der Waals surface area (Å²) in [7, 11) is 4.62. The van der Waals surface area contributed by atoms with Gasteiger partial charge < -0.3 is 14.2 Å². The molecule has 1 aromatic rings. The molecular formula is C14H20O4S. The Labute approximate surface area is 118 Å². The van der Waals surface area contributed by atoms with Crippen LogP contribution >= 0.6 is 11.8 Å². The molecular weight excluding hydrogens is 264 g/mol. The maximum atomic E-state index is 12.3. The van der Waals surface area contributed by atoms with E-state index in [2.05, 4.69) is 0 Å². The fourth-order valence-electron chi connectivity index (χ4n) is 1.83. The second-order valence-corrected chi connectivity index (χ2v) is 5.05. The smallest absolute Gasteiger partial charge is 0.203 e. The monoisotopic (exact) mass is 284 g/mol. The fraction of sp³-hybridized carbons (Fsp3) is 0.500. The predicted molar refractivity (Wildman–Crippen MR) is 78.0 cm³/mol. The molecule has 5 heteroatoms. The molecule has 0 N–H and O–H groups in total. The van der Waals surface area contributed by atoms with Crippen LogP contribution in [0.3, 0.4) is 0 Å². The first-order valence-electron chi connectivity index (χ1n) is 5.92. The summed E-state index contributed by atoms with van der Waals surface area (Å²) in [5, 5.41) is 0. The number of hydrogen-bond acceptors (Lipinski definition) is 5. The van der Waals surface area contributed by atoms with E-state index in [0.29, 0.717) is 22.8 Å². The summed E-state index contributed by atoms with van der Waals surface area (Å²) in [5.41, 5.74) is 0.580. The van der Waals surface area contributed by atoms with Crippen molar-refractivity contribution in [1.29, 1.82) is 0 Å². The van der Waals surface area contributed by atoms with Gasteiger partial charge in [0.1, 0.15) is 0 Å². The number of hydrogen-bond donors (Lipinski definition) is 0. The molecule has 1 unspecified atom stereocenters. The first-order chi connectivity index (χ1) is 9.08. The molecule has 1 aromatic carbocycles. The predicted octanol–water partition coefficient (Wildman–Crippen LogP) is 2.89. The summed E-state index contributed by atoms with van der Waals surface area (Å²) in [5.74, 6) is 2.32. The Morgan fingerprint density at radius 2 is 1.68 bits per heavy atom. The van der Waals surface area contributed by atoms with Crippen LogP contribution in [0.1, 0.15) is 17.3 Å². The quantitative estimate of drug-likeness (QED) is 0.720. The lowest BCUT2D eigenvalue weighted by molar-refractivity contribution is 0.0941. The number of thioether (sulfide) groups is 1. The van der Waals surface area contributed by atoms with Gasteiger partial charge in [-0.05, 0) is 18.4 Å². The Morgan fingerprint density at radius 3 is 2.05 bits per heavy atom. The maximum absolute atomic E-state index is 12.3. The summed E-state index contributed by atoms with van der Waals surface area (Å²) in [6.45, 7) is 1.92. The lowest BCUT2D eigenvalue weighted by Crippen LogP contribution is -2.14. The largest absolute Gasteiger partial charge is 0.493 e. The first-order valence-corrected chi connectivity index (χ1v) is 7.31. The van der Waals surface area contributed by atoms with Crippen molar-refractivity contribution >= 4 is 17.5 Å². The summed E-state index contributed by atoms with van der Waals surface area (Å²) in [4.78, 5) is 12.3. The average Bonchev–Trinajstić information content (AvgIpc) is 2.44. The van der Waals surface area contributed by atoms with Crippen molar-refractivity contribution in [1.82, 2.24) is 0 Å². The highest BCUT2D eigenvalue weighted by molar-refractivity contribution is 7.98. The van der Waals surface area contributed by atoms with E-state index < -0.39 is 0 Å². The van der Waals surface area contributed by atoms with Gasteiger partial charge in [-0.25, -0.2) is 0 Å². The summed E-state index contributed by atoms with van der Waals surface area (Å²) in [6.07, 6.45) is 1.99. The molecule has 0 aliphatic rings. The summed E-state index contributed by atoms with van der Waals surface area (Å²) >= 11 is 1.65. The van der Waals surface area contributed by atoms with Crippen molar-refractivity contribution < 1.29 is 19.0 Å². The lowest BCUT2D eigenvalue weighted by Gasteiger charge is -2.15. The zero-order valence-corrected chi connectivity index (χ0v) is 12.8. The molecule has 0 aromatic heterocycles. The van der Waals surface area contributed by atoms with Gasteiger partial charge in [0, 0.05) is 17.2 Å². The van der Waals surface area contributed by atoms with Crippen LogP contribution in [0.15, 0.2) is 12.1 Å². The highest BCUT2D eigenvalue weighted by Gasteiger charge is 2.20. The van der Waals surface area contributed by atoms with E-state index in [9.17, 15) is 4.79 Å². The number of methoxy groups -OCH3 is 3. The molecule has 4 nitrogen and oxygen atoms in total. The van der Waals surface area contributed by atoms with Crippen LogP contribution in [0.4, 0.5) is 0 Å². The zero-order valence-electron chi connectivity index (χ0n) is 12.0. The molecule has 0 fully saturated rings. The van der Waals surface area contributed by atoms with Crippen molar-refractivity contribution in [3.05, 3.63) is 17.7 Å². The Kier molecular flexibility index (Phi) is 6.02. The van der Waals surface area contributed by atoms with Crippen LogP contribution in [0.5, 0.6) is 17.2 Å². The van der Waals surface area contributed by atoms with E-state index >= 15 is 0 Å². The Morgan fingerprint density at radius 1 is 1.16 bits per heavy atom. The van der Waals surface area contributed by atoms with Crippen molar-refractivity contribution in [3.8, 4) is 17.2 Å². The topological polar surface area (TPSA) is 44.8 Å². The van der Waals surface area contributed by atoms with Crippen molar-refractivity contribution in [2.24, 2.45) is 5.92 Å². The number of ketones is 1. The first kappa shape index (κ1) is 15.7. The van der Waals surface area contributed by atoms with Gasteiger partial charge in [0.2, 0.25) is 5.75 Å². The van der Waals surface area contributed by atoms with E-state index in [1.165, 1.54) is 21.3 Å². The number of carbonyl (C=O) groups excluding carboxylic acids is 1. The highest BCUT2D eigenvalue weighted by atomic mass is 32.2. The Hall–Kier alpha value is -1.36. The van der Waals surface area contributed by atoms with Gasteiger partial charge in [-0.2, -0.15) is 11.8 Å². The van der Waals surface area contributed by atoms with Crippen LogP contribution in [0.25, 0.3) is 0 Å². The van der Waals surface area contributed by atoms with Gasteiger partial charge >= 0.3 is 0 Å². The SMILES string of the molecule is COc1cc(C(=O)C(C)CSC)cc(OC)c1OC. The van der Waals surface area contributed by atoms with Crippen molar-refractivity contribution in [2.45, 2.75) is 6.92 Å². The summed E-state index contributed by atoms with van der Waals surface area (Å²) in [6, 6.07) is 3.39. The number of carbonyl (C=O) groups is 1. The minimum absolute atomic E-state index is 0.0437. The summed E-state index contributed by atoms with van der Waals surface area (Å²) < 4.78 is 15.7. The highest BCUT2D eigenvalue weighted by Crippen LogP contribution is 2.38. The van der Waals surface area contributed by atoms with Crippen molar-refractivity contribution in [3.63, 3.8) is 0 Å². The van der Waals surface area contributed by atoms with Crippen LogP contribution < -0.4 is 14.2 Å². The normalized spacial score (nSPS) is 11.8. The third-order valence-electron chi connectivity index (χ3n) is 2.81. The third-order valence-corrected chi connectivity index (χ3v) is 3.65. The van der Waals surface area contributed by atoms with E-state index in [1.807, 2.05) is 13.2 Å². The van der Waals surface area contributed by atoms with Gasteiger partial charge in [0.15, 0.2) is 17.3 Å². The van der Waals surface area contributed by atoms with E-state index in [4.69, 9.17) is 14.2 Å². The van der Waals surface area contributed by atoms with Crippen LogP contribution in [-0.2, 0) is 0 Å². The van der Waals surface area contributed by atoms with Crippen LogP contribution in [0.2, 0.25) is 0 Å². The number of Topliss-reactive ketones (excluding diaryl/α,β-unsaturated/α-hetero) is 1. The van der Waals surface area contributed by atoms with Crippen LogP contribution in [-0.4, -0.2) is 39.1 Å². The Bertz CT molecular complexity index is 420. The number of ether oxygens (including phenoxy) is 3. The molecule has 0 aliphatic carbocycles. The molecule has 19 heavy (non-hydrogen) atoms. The second kappa shape index (κ2) is 7.28. The molecule has 0 aliphatic heterocycles. The van der Waals surface area contributed by atoms with Gasteiger partial charge in [-0.1, -0.05) is 6.92 Å². The van der Waals surface area contributed by atoms with Gasteiger partial charge in [-0.15, -0.1) is 0 Å². The molecule has 0 heterocycles. The minimum Gasteiger partial charge on any atom is -0.493 e. The van der Waals surface area contributed by atoms with Crippen molar-refractivity contribution in [2.75, 3.05) is 33.3 Å². The van der Waals surface area contributed by atoms with Crippen LogP contribution in [0, 0.1) is 5.92 Å². The van der Waals surface area contributed by atoms with Gasteiger partial charge in [0.25, 0.3) is 0 Å². The Balaban J connectivity index is 3.19. The molecule has 1 rings (SSSR count). The van der Waals surface area contributed by atoms with Gasteiger partial charge in [-0.3, -0.25) is 4.79 Å². The third kappa shape index (κ3) is 3.56. The van der Waals surface area contributed by atoms with E-state index in [0.717, 1.165) is 5.75 Å². The number of benzene rings is 1.